The Morgan fingerprint density at radius 2 is 1.41 bits per heavy atom. The second kappa shape index (κ2) is 15.6. The molecule has 7 nitrogen and oxygen atoms in total. The van der Waals surface area contributed by atoms with Gasteiger partial charge in [-0.25, -0.2) is 8.42 Å². The second-order valence-corrected chi connectivity index (χ2v) is 14.1. The van der Waals surface area contributed by atoms with Gasteiger partial charge in [-0.3, -0.25) is 13.9 Å². The molecule has 0 saturated carbocycles. The van der Waals surface area contributed by atoms with Crippen molar-refractivity contribution in [3.05, 3.63) is 129 Å². The van der Waals surface area contributed by atoms with E-state index in [2.05, 4.69) is 5.32 Å². The summed E-state index contributed by atoms with van der Waals surface area (Å²) in [7, 11) is -4.25. The number of nitrogens with zero attached hydrogens (tertiary/aromatic N) is 2. The van der Waals surface area contributed by atoms with Crippen molar-refractivity contribution >= 4 is 50.7 Å². The highest BCUT2D eigenvalue weighted by molar-refractivity contribution is 7.92. The molecule has 0 radical (unpaired) electrons. The fourth-order valence-electron chi connectivity index (χ4n) is 4.89. The standard InChI is InChI=1S/C36H39Cl2N3O4S/c1-5-27(4)39-36(43)34(21-28-9-7-6-8-10-28)40(23-29-15-11-25(2)12-16-29)35(42)24-41(30-17-20-32(37)33(38)22-30)46(44,45)31-18-13-26(3)14-19-31/h6-20,22,27,34H,5,21,23-24H2,1-4H3,(H,39,43)/t27-,34-/m0/s1. The van der Waals surface area contributed by atoms with E-state index in [1.54, 1.807) is 12.1 Å². The SMILES string of the molecule is CC[C@H](C)NC(=O)[C@H](Cc1ccccc1)N(Cc1ccc(C)cc1)C(=O)CN(c1ccc(Cl)c(Cl)c1)S(=O)(=O)c1ccc(C)cc1. The zero-order valence-electron chi connectivity index (χ0n) is 26.4. The molecule has 2 amide bonds. The number of amides is 2. The summed E-state index contributed by atoms with van der Waals surface area (Å²) in [5.41, 5.74) is 3.77. The highest BCUT2D eigenvalue weighted by atomic mass is 35.5. The first-order valence-electron chi connectivity index (χ1n) is 15.1. The van der Waals surface area contributed by atoms with Crippen molar-refractivity contribution in [3.63, 3.8) is 0 Å². The molecule has 2 atom stereocenters. The molecule has 0 aliphatic carbocycles. The minimum absolute atomic E-state index is 0.0115. The largest absolute Gasteiger partial charge is 0.352 e. The predicted octanol–water partition coefficient (Wildman–Crippen LogP) is 7.36. The van der Waals surface area contributed by atoms with Gasteiger partial charge in [-0.05, 0) is 68.7 Å². The minimum atomic E-state index is -4.25. The van der Waals surface area contributed by atoms with Crippen molar-refractivity contribution in [2.45, 2.75) is 64.1 Å². The molecule has 0 saturated heterocycles. The van der Waals surface area contributed by atoms with Crippen molar-refractivity contribution < 1.29 is 18.0 Å². The average molecular weight is 681 g/mol. The molecule has 10 heteroatoms. The molecule has 46 heavy (non-hydrogen) atoms. The molecule has 0 heterocycles. The molecule has 0 fully saturated rings. The molecule has 4 aromatic rings. The molecule has 4 rings (SSSR count). The van der Waals surface area contributed by atoms with Crippen LogP contribution in [0.15, 0.2) is 102 Å². The van der Waals surface area contributed by atoms with Crippen LogP contribution >= 0.6 is 23.2 Å². The average Bonchev–Trinajstić information content (AvgIpc) is 3.04. The number of hydrogen-bond donors (Lipinski definition) is 1. The van der Waals surface area contributed by atoms with Gasteiger partial charge in [-0.15, -0.1) is 0 Å². The number of nitrogens with one attached hydrogen (secondary N) is 1. The molecular formula is C36H39Cl2N3O4S. The first kappa shape index (κ1) is 35.0. The third-order valence-electron chi connectivity index (χ3n) is 7.82. The van der Waals surface area contributed by atoms with Crippen molar-refractivity contribution in [3.8, 4) is 0 Å². The van der Waals surface area contributed by atoms with E-state index in [0.29, 0.717) is 6.42 Å². The van der Waals surface area contributed by atoms with E-state index in [0.717, 1.165) is 26.6 Å². The molecule has 0 unspecified atom stereocenters. The highest BCUT2D eigenvalue weighted by Crippen LogP contribution is 2.31. The van der Waals surface area contributed by atoms with Crippen molar-refractivity contribution in [2.75, 3.05) is 10.8 Å². The van der Waals surface area contributed by atoms with Crippen LogP contribution in [0.25, 0.3) is 0 Å². The number of halogens is 2. The number of carbonyl (C=O) groups is 2. The zero-order valence-corrected chi connectivity index (χ0v) is 28.7. The Morgan fingerprint density at radius 1 is 0.804 bits per heavy atom. The van der Waals surface area contributed by atoms with Gasteiger partial charge in [0.05, 0.1) is 20.6 Å². The number of carbonyl (C=O) groups excluding carboxylic acids is 2. The minimum Gasteiger partial charge on any atom is -0.352 e. The van der Waals surface area contributed by atoms with Gasteiger partial charge in [0, 0.05) is 19.0 Å². The molecule has 1 N–H and O–H groups in total. The summed E-state index contributed by atoms with van der Waals surface area (Å²) >= 11 is 12.5. The maximum absolute atomic E-state index is 14.6. The summed E-state index contributed by atoms with van der Waals surface area (Å²) in [5, 5.41) is 3.43. The molecule has 0 aromatic heterocycles. The van der Waals surface area contributed by atoms with Gasteiger partial charge in [-0.1, -0.05) is 108 Å². The lowest BCUT2D eigenvalue weighted by molar-refractivity contribution is -0.140. The highest BCUT2D eigenvalue weighted by Gasteiger charge is 2.35. The lowest BCUT2D eigenvalue weighted by Crippen LogP contribution is -2.54. The lowest BCUT2D eigenvalue weighted by atomic mass is 10.0. The van der Waals surface area contributed by atoms with E-state index < -0.39 is 28.5 Å². The zero-order chi connectivity index (χ0) is 33.4. The summed E-state index contributed by atoms with van der Waals surface area (Å²) in [6.07, 6.45) is 0.938. The van der Waals surface area contributed by atoms with E-state index in [1.807, 2.05) is 82.3 Å². The number of rotatable bonds is 13. The molecule has 4 aromatic carbocycles. The van der Waals surface area contributed by atoms with Crippen LogP contribution in [0.4, 0.5) is 5.69 Å². The van der Waals surface area contributed by atoms with Crippen molar-refractivity contribution in [1.82, 2.24) is 10.2 Å². The maximum Gasteiger partial charge on any atom is 0.264 e. The van der Waals surface area contributed by atoms with Crippen LogP contribution in [0.5, 0.6) is 0 Å². The Hall–Kier alpha value is -3.85. The van der Waals surface area contributed by atoms with Gasteiger partial charge in [0.15, 0.2) is 0 Å². The van der Waals surface area contributed by atoms with Crippen molar-refractivity contribution in [1.29, 1.82) is 0 Å². The first-order valence-corrected chi connectivity index (χ1v) is 17.3. The fraction of sp³-hybridized carbons (Fsp3) is 0.278. The van der Waals surface area contributed by atoms with Crippen LogP contribution in [-0.2, 0) is 32.6 Å². The normalized spacial score (nSPS) is 12.7. The van der Waals surface area contributed by atoms with Gasteiger partial charge in [0.2, 0.25) is 11.8 Å². The van der Waals surface area contributed by atoms with Crippen LogP contribution in [0, 0.1) is 13.8 Å². The van der Waals surface area contributed by atoms with E-state index in [9.17, 15) is 18.0 Å². The monoisotopic (exact) mass is 679 g/mol. The molecule has 0 aliphatic heterocycles. The van der Waals surface area contributed by atoms with Gasteiger partial charge in [-0.2, -0.15) is 0 Å². The lowest BCUT2D eigenvalue weighted by Gasteiger charge is -2.34. The Labute approximate surface area is 282 Å². The fourth-order valence-corrected chi connectivity index (χ4v) is 6.59. The van der Waals surface area contributed by atoms with Crippen LogP contribution in [0.1, 0.15) is 42.5 Å². The summed E-state index contributed by atoms with van der Waals surface area (Å²) in [5.74, 6) is -0.872. The second-order valence-electron chi connectivity index (χ2n) is 11.5. The third-order valence-corrected chi connectivity index (χ3v) is 10.4. The smallest absolute Gasteiger partial charge is 0.264 e. The molecule has 0 aliphatic rings. The summed E-state index contributed by atoms with van der Waals surface area (Å²) in [6, 6.07) is 26.9. The summed E-state index contributed by atoms with van der Waals surface area (Å²) in [6.45, 7) is 7.21. The van der Waals surface area contributed by atoms with E-state index in [-0.39, 0.29) is 45.5 Å². The Morgan fingerprint density at radius 3 is 2.00 bits per heavy atom. The Kier molecular flexibility index (Phi) is 11.9. The summed E-state index contributed by atoms with van der Waals surface area (Å²) < 4.78 is 29.4. The van der Waals surface area contributed by atoms with Gasteiger partial charge >= 0.3 is 0 Å². The van der Waals surface area contributed by atoms with Crippen LogP contribution in [0.2, 0.25) is 10.0 Å². The predicted molar refractivity (Wildman–Crippen MR) is 186 cm³/mol. The third kappa shape index (κ3) is 8.90. The van der Waals surface area contributed by atoms with Gasteiger partial charge < -0.3 is 10.2 Å². The van der Waals surface area contributed by atoms with Crippen LogP contribution in [0.3, 0.4) is 0 Å². The van der Waals surface area contributed by atoms with Crippen LogP contribution < -0.4 is 9.62 Å². The van der Waals surface area contributed by atoms with E-state index >= 15 is 0 Å². The molecule has 0 bridgehead atoms. The number of aryl methyl sites for hydroxylation is 2. The van der Waals surface area contributed by atoms with E-state index in [4.69, 9.17) is 23.2 Å². The molecule has 242 valence electrons. The molecular weight excluding hydrogens is 641 g/mol. The van der Waals surface area contributed by atoms with Gasteiger partial charge in [0.1, 0.15) is 12.6 Å². The Bertz CT molecular complexity index is 1750. The number of benzene rings is 4. The van der Waals surface area contributed by atoms with E-state index in [1.165, 1.54) is 35.2 Å². The van der Waals surface area contributed by atoms with Gasteiger partial charge in [0.25, 0.3) is 10.0 Å². The quantitative estimate of drug-likeness (QED) is 0.160. The van der Waals surface area contributed by atoms with Crippen molar-refractivity contribution in [2.24, 2.45) is 0 Å². The maximum atomic E-state index is 14.6. The first-order chi connectivity index (χ1) is 21.9. The summed E-state index contributed by atoms with van der Waals surface area (Å²) in [4.78, 5) is 30.0. The number of hydrogen-bond acceptors (Lipinski definition) is 4. The molecule has 0 spiro atoms. The topological polar surface area (TPSA) is 86.8 Å². The number of anilines is 1. The Balaban J connectivity index is 1.82. The number of sulfonamides is 1. The van der Waals surface area contributed by atoms with Crippen LogP contribution in [-0.4, -0.2) is 43.8 Å².